The molecular weight excluding hydrogens is 1280 g/mol. The van der Waals surface area contributed by atoms with E-state index >= 15 is 0 Å². The van der Waals surface area contributed by atoms with Gasteiger partial charge in [0.15, 0.2) is 16.6 Å². The van der Waals surface area contributed by atoms with Crippen molar-refractivity contribution < 1.29 is 98.9 Å². The van der Waals surface area contributed by atoms with Crippen LogP contribution in [-0.2, 0) is 100 Å². The Balaban J connectivity index is 1.20. The number of hydrogen-bond donors (Lipinski definition) is 0. The summed E-state index contributed by atoms with van der Waals surface area (Å²) in [7, 11) is -3.61. The Morgan fingerprint density at radius 3 is 0.567 bits per heavy atom. The Hall–Kier alpha value is -2.29. The van der Waals surface area contributed by atoms with Gasteiger partial charge in [0.05, 0.1) is 225 Å². The molecule has 2 rings (SSSR count). The summed E-state index contributed by atoms with van der Waals surface area (Å²) in [6.07, 6.45) is 4.20. The lowest BCUT2D eigenvalue weighted by atomic mass is 9.72. The third kappa shape index (κ3) is 56.9. The third-order valence-corrected chi connectivity index (χ3v) is 22.4. The fourth-order valence-corrected chi connectivity index (χ4v) is 19.9. The lowest BCUT2D eigenvalue weighted by molar-refractivity contribution is -0.0253. The monoisotopic (exact) mass is 1420 g/mol. The molecule has 0 aliphatic heterocycles. The molecule has 0 aliphatic rings. The third-order valence-electron chi connectivity index (χ3n) is 14.8. The van der Waals surface area contributed by atoms with Crippen molar-refractivity contribution in [2.45, 2.75) is 144 Å². The van der Waals surface area contributed by atoms with Gasteiger partial charge < -0.3 is 98.9 Å². The van der Waals surface area contributed by atoms with Gasteiger partial charge in [-0.15, -0.1) is 0 Å². The van der Waals surface area contributed by atoms with Gasteiger partial charge in [0.1, 0.15) is 24.7 Å². The first-order valence-electron chi connectivity index (χ1n) is 36.1. The standard InChI is InChI=1S/C74H138O21Si2/c1-71(2,3)65-73(7,8)67-17-21-69(22-18-67)93-61-59-91-57-55-89-53-51-87-49-47-85-45-43-83-41-39-81-37-35-79-33-31-77-29-27-75-25-15-63-96(11,12)95-97(13,14)64-16-26-76-28-30-78-32-34-80-36-38-82-40-42-84-44-46-86-48-50-88-52-54-90-56-58-92-60-62-94-70-23-19-68(20-24-70)74(9,10)66-72(4,5)6/h17-24H,15-16,25-66H2,1-14H3. The van der Waals surface area contributed by atoms with Crippen molar-refractivity contribution in [3.05, 3.63) is 59.7 Å². The highest BCUT2D eigenvalue weighted by atomic mass is 28.4. The minimum atomic E-state index is -1.81. The van der Waals surface area contributed by atoms with E-state index in [1.807, 2.05) is 24.3 Å². The topological polar surface area (TPSA) is 194 Å². The van der Waals surface area contributed by atoms with Gasteiger partial charge in [0.25, 0.3) is 0 Å². The Morgan fingerprint density at radius 1 is 0.227 bits per heavy atom. The van der Waals surface area contributed by atoms with E-state index in [0.29, 0.717) is 251 Å². The number of benzene rings is 2. The van der Waals surface area contributed by atoms with E-state index in [1.54, 1.807) is 0 Å². The zero-order chi connectivity index (χ0) is 70.9. The van der Waals surface area contributed by atoms with Crippen LogP contribution in [0.5, 0.6) is 11.5 Å². The van der Waals surface area contributed by atoms with Gasteiger partial charge in [-0.05, 0) is 121 Å². The van der Waals surface area contributed by atoms with Crippen LogP contribution in [0.15, 0.2) is 48.5 Å². The van der Waals surface area contributed by atoms with Gasteiger partial charge >= 0.3 is 0 Å². The Morgan fingerprint density at radius 2 is 0.392 bits per heavy atom. The zero-order valence-electron chi connectivity index (χ0n) is 63.3. The SMILES string of the molecule is CC(C)(C)CC(C)(C)c1ccc(OCCOCCOCCOCCOCCOCCOCCOCCOCCOCCC[Si](C)(C)O[Si](C)(C)CCCOCCOCCOCCOCCOCCOCCOCCOCCOCCOc2ccc(C(C)(C)CC(C)(C)C)cc2)cc1. The van der Waals surface area contributed by atoms with Crippen molar-refractivity contribution in [2.75, 3.05) is 251 Å². The Labute approximate surface area is 590 Å². The average Bonchev–Trinajstić information content (AvgIpc) is 0.858. The van der Waals surface area contributed by atoms with Crippen LogP contribution in [0.1, 0.15) is 106 Å². The molecule has 0 unspecified atom stereocenters. The van der Waals surface area contributed by atoms with E-state index in [0.717, 1.165) is 49.3 Å². The van der Waals surface area contributed by atoms with Crippen LogP contribution in [-0.4, -0.2) is 268 Å². The molecule has 2 aromatic carbocycles. The number of rotatable bonds is 70. The number of ether oxygens (including phenoxy) is 20. The van der Waals surface area contributed by atoms with Crippen molar-refractivity contribution in [3.63, 3.8) is 0 Å². The van der Waals surface area contributed by atoms with Gasteiger partial charge in [0.2, 0.25) is 0 Å². The molecule has 0 amide bonds. The van der Waals surface area contributed by atoms with Crippen molar-refractivity contribution >= 4 is 16.6 Å². The lowest BCUT2D eigenvalue weighted by Crippen LogP contribution is -2.44. The first-order valence-corrected chi connectivity index (χ1v) is 42.3. The maximum absolute atomic E-state index is 6.82. The maximum Gasteiger partial charge on any atom is 0.173 e. The number of hydrogen-bond acceptors (Lipinski definition) is 21. The quantitative estimate of drug-likeness (QED) is 0.0448. The first kappa shape index (κ1) is 90.8. The molecule has 0 N–H and O–H groups in total. The van der Waals surface area contributed by atoms with Gasteiger partial charge in [-0.2, -0.15) is 0 Å². The summed E-state index contributed by atoms with van der Waals surface area (Å²) < 4.78 is 120. The normalized spacial score (nSPS) is 12.8. The summed E-state index contributed by atoms with van der Waals surface area (Å²) in [6.45, 7) is 52.0. The predicted octanol–water partition coefficient (Wildman–Crippen LogP) is 12.1. The molecule has 2 aromatic rings. The molecule has 0 aliphatic carbocycles. The van der Waals surface area contributed by atoms with Crippen LogP contribution in [0.3, 0.4) is 0 Å². The molecule has 0 spiro atoms. The molecule has 0 radical (unpaired) electrons. The second-order valence-electron chi connectivity index (χ2n) is 28.8. The fourth-order valence-electron chi connectivity index (χ4n) is 11.1. The molecular formula is C74H138O21Si2. The van der Waals surface area contributed by atoms with E-state index in [1.165, 1.54) is 11.1 Å². The molecule has 0 aromatic heterocycles. The molecule has 97 heavy (non-hydrogen) atoms. The van der Waals surface area contributed by atoms with E-state index < -0.39 is 16.6 Å². The van der Waals surface area contributed by atoms with Crippen LogP contribution >= 0.6 is 0 Å². The molecule has 0 fully saturated rings. The average molecular weight is 1420 g/mol. The van der Waals surface area contributed by atoms with Crippen LogP contribution in [0.25, 0.3) is 0 Å². The molecule has 21 nitrogen and oxygen atoms in total. The minimum Gasteiger partial charge on any atom is -0.491 e. The molecule has 0 bridgehead atoms. The molecule has 23 heteroatoms. The first-order chi connectivity index (χ1) is 46.5. The van der Waals surface area contributed by atoms with Gasteiger partial charge in [-0.1, -0.05) is 93.5 Å². The Bertz CT molecular complexity index is 1910. The van der Waals surface area contributed by atoms with E-state index in [-0.39, 0.29) is 21.7 Å². The molecule has 0 saturated heterocycles. The van der Waals surface area contributed by atoms with Gasteiger partial charge in [-0.25, -0.2) is 0 Å². The van der Waals surface area contributed by atoms with Gasteiger partial charge in [-0.3, -0.25) is 0 Å². The largest absolute Gasteiger partial charge is 0.491 e. The van der Waals surface area contributed by atoms with E-state index in [2.05, 4.69) is 120 Å². The second kappa shape index (κ2) is 57.2. The maximum atomic E-state index is 6.82. The molecule has 0 heterocycles. The smallest absolute Gasteiger partial charge is 0.173 e. The minimum absolute atomic E-state index is 0.114. The lowest BCUT2D eigenvalue weighted by Gasteiger charge is -2.34. The van der Waals surface area contributed by atoms with E-state index in [9.17, 15) is 0 Å². The van der Waals surface area contributed by atoms with Crippen molar-refractivity contribution in [3.8, 4) is 11.5 Å². The summed E-state index contributed by atoms with van der Waals surface area (Å²) in [5, 5.41) is 0. The molecule has 0 atom stereocenters. The summed E-state index contributed by atoms with van der Waals surface area (Å²) in [5.41, 5.74) is 3.43. The van der Waals surface area contributed by atoms with E-state index in [4.69, 9.17) is 98.9 Å². The predicted molar refractivity (Wildman–Crippen MR) is 388 cm³/mol. The van der Waals surface area contributed by atoms with Crippen molar-refractivity contribution in [1.82, 2.24) is 0 Å². The van der Waals surface area contributed by atoms with Crippen LogP contribution in [0.2, 0.25) is 38.3 Å². The van der Waals surface area contributed by atoms with Crippen LogP contribution < -0.4 is 9.47 Å². The molecule has 0 saturated carbocycles. The highest BCUT2D eigenvalue weighted by Gasteiger charge is 2.33. The summed E-state index contributed by atoms with van der Waals surface area (Å²) in [6, 6.07) is 19.0. The summed E-state index contributed by atoms with van der Waals surface area (Å²) in [4.78, 5) is 0. The van der Waals surface area contributed by atoms with Crippen LogP contribution in [0.4, 0.5) is 0 Å². The zero-order valence-corrected chi connectivity index (χ0v) is 65.3. The van der Waals surface area contributed by atoms with Crippen LogP contribution in [0, 0.1) is 10.8 Å². The van der Waals surface area contributed by atoms with Crippen molar-refractivity contribution in [1.29, 1.82) is 0 Å². The highest BCUT2D eigenvalue weighted by molar-refractivity contribution is 6.84. The summed E-state index contributed by atoms with van der Waals surface area (Å²) in [5.74, 6) is 1.72. The highest BCUT2D eigenvalue weighted by Crippen LogP contribution is 2.38. The van der Waals surface area contributed by atoms with Crippen molar-refractivity contribution in [2.24, 2.45) is 10.8 Å². The summed E-state index contributed by atoms with van der Waals surface area (Å²) >= 11 is 0. The van der Waals surface area contributed by atoms with Gasteiger partial charge in [0, 0.05) is 13.2 Å². The fraction of sp³-hybridized carbons (Fsp3) is 0.838. The molecule has 568 valence electrons. The second-order valence-corrected chi connectivity index (χ2v) is 37.7. The Kier molecular flexibility index (Phi) is 53.5.